The Labute approximate surface area is 108 Å². The zero-order chi connectivity index (χ0) is 13.1. The van der Waals surface area contributed by atoms with Gasteiger partial charge in [-0.25, -0.2) is 0 Å². The predicted octanol–water partition coefficient (Wildman–Crippen LogP) is 1.04. The van der Waals surface area contributed by atoms with Crippen LogP contribution in [-0.4, -0.2) is 21.7 Å². The molecule has 0 saturated carbocycles. The lowest BCUT2D eigenvalue weighted by atomic mass is 9.92. The highest BCUT2D eigenvalue weighted by Crippen LogP contribution is 2.29. The summed E-state index contributed by atoms with van der Waals surface area (Å²) in [7, 11) is 1.95. The number of fused-ring (bicyclic) bond motifs is 1. The number of amides is 1. The summed E-state index contributed by atoms with van der Waals surface area (Å²) in [6, 6.07) is -0.310. The lowest BCUT2D eigenvalue weighted by Crippen LogP contribution is -2.42. The van der Waals surface area contributed by atoms with E-state index >= 15 is 0 Å². The van der Waals surface area contributed by atoms with Crippen LogP contribution in [0, 0.1) is 0 Å². The van der Waals surface area contributed by atoms with E-state index in [1.807, 2.05) is 24.9 Å². The zero-order valence-corrected chi connectivity index (χ0v) is 11.1. The molecule has 1 amide bonds. The van der Waals surface area contributed by atoms with Crippen molar-refractivity contribution in [1.29, 1.82) is 0 Å². The summed E-state index contributed by atoms with van der Waals surface area (Å²) < 4.78 is 1.90. The second-order valence-electron chi connectivity index (χ2n) is 5.02. The van der Waals surface area contributed by atoms with Crippen LogP contribution in [-0.2, 0) is 18.3 Å². The number of carbonyl (C=O) groups excluding carboxylic acids is 1. The van der Waals surface area contributed by atoms with E-state index in [9.17, 15) is 4.79 Å². The number of aromatic nitrogens is 2. The fourth-order valence-corrected chi connectivity index (χ4v) is 2.58. The monoisotopic (exact) mass is 250 g/mol. The number of nitrogens with one attached hydrogen (secondary N) is 1. The van der Waals surface area contributed by atoms with Crippen LogP contribution in [0.2, 0.25) is 0 Å². The van der Waals surface area contributed by atoms with E-state index in [1.54, 1.807) is 0 Å². The summed E-state index contributed by atoms with van der Waals surface area (Å²) in [6.07, 6.45) is 6.63. The summed E-state index contributed by atoms with van der Waals surface area (Å²) in [5.41, 5.74) is 8.22. The molecule has 18 heavy (non-hydrogen) atoms. The Hall–Kier alpha value is -1.36. The van der Waals surface area contributed by atoms with Crippen LogP contribution in [0.25, 0.3) is 0 Å². The molecule has 0 spiro atoms. The molecule has 0 saturated heterocycles. The van der Waals surface area contributed by atoms with Gasteiger partial charge >= 0.3 is 0 Å². The maximum Gasteiger partial charge on any atom is 0.237 e. The Bertz CT molecular complexity index is 427. The van der Waals surface area contributed by atoms with Crippen molar-refractivity contribution in [1.82, 2.24) is 15.1 Å². The van der Waals surface area contributed by atoms with Crippen LogP contribution in [0.4, 0.5) is 0 Å². The van der Waals surface area contributed by atoms with E-state index in [4.69, 9.17) is 5.73 Å². The van der Waals surface area contributed by atoms with E-state index < -0.39 is 6.04 Å². The Kier molecular flexibility index (Phi) is 4.01. The molecular formula is C13H22N4O. The topological polar surface area (TPSA) is 72.9 Å². The molecule has 5 heteroatoms. The average Bonchev–Trinajstić information content (AvgIpc) is 2.73. The molecule has 1 heterocycles. The van der Waals surface area contributed by atoms with E-state index in [-0.39, 0.29) is 11.9 Å². The fourth-order valence-electron chi connectivity index (χ4n) is 2.58. The van der Waals surface area contributed by atoms with Crippen molar-refractivity contribution in [2.24, 2.45) is 12.8 Å². The van der Waals surface area contributed by atoms with Crippen molar-refractivity contribution < 1.29 is 4.79 Å². The lowest BCUT2D eigenvalue weighted by Gasteiger charge is -2.25. The minimum Gasteiger partial charge on any atom is -0.348 e. The van der Waals surface area contributed by atoms with Crippen LogP contribution < -0.4 is 11.1 Å². The molecule has 5 nitrogen and oxygen atoms in total. The SMILES string of the molecule is CCCC(N)C(=O)NC1CCCc2c1cnn2C. The molecule has 2 rings (SSSR count). The molecule has 3 N–H and O–H groups in total. The first-order chi connectivity index (χ1) is 8.63. The quantitative estimate of drug-likeness (QED) is 0.838. The van der Waals surface area contributed by atoms with Crippen molar-refractivity contribution in [2.45, 2.75) is 51.1 Å². The van der Waals surface area contributed by atoms with Crippen molar-refractivity contribution in [3.8, 4) is 0 Å². The van der Waals surface area contributed by atoms with Crippen LogP contribution >= 0.6 is 0 Å². The molecule has 100 valence electrons. The van der Waals surface area contributed by atoms with Gasteiger partial charge in [0, 0.05) is 18.3 Å². The Balaban J connectivity index is 2.05. The van der Waals surface area contributed by atoms with Crippen LogP contribution in [0.5, 0.6) is 0 Å². The largest absolute Gasteiger partial charge is 0.348 e. The molecule has 1 aliphatic rings. The number of hydrogen-bond donors (Lipinski definition) is 2. The smallest absolute Gasteiger partial charge is 0.237 e. The lowest BCUT2D eigenvalue weighted by molar-refractivity contribution is -0.123. The maximum absolute atomic E-state index is 12.0. The van der Waals surface area contributed by atoms with Crippen LogP contribution in [0.3, 0.4) is 0 Å². The summed E-state index contributed by atoms with van der Waals surface area (Å²) in [5, 5.41) is 7.33. The average molecular weight is 250 g/mol. The van der Waals surface area contributed by atoms with Gasteiger partial charge in [-0.2, -0.15) is 5.10 Å². The van der Waals surface area contributed by atoms with Crippen molar-refractivity contribution in [2.75, 3.05) is 0 Å². The first kappa shape index (κ1) is 13.1. The third-order valence-electron chi connectivity index (χ3n) is 3.63. The molecule has 2 unspecified atom stereocenters. The third kappa shape index (κ3) is 2.56. The highest BCUT2D eigenvalue weighted by atomic mass is 16.2. The van der Waals surface area contributed by atoms with Gasteiger partial charge in [0.25, 0.3) is 0 Å². The summed E-state index contributed by atoms with van der Waals surface area (Å²) in [5.74, 6) is -0.0430. The molecule has 0 bridgehead atoms. The molecule has 0 aliphatic heterocycles. The van der Waals surface area contributed by atoms with Gasteiger partial charge in [-0.05, 0) is 25.7 Å². The molecule has 1 aromatic rings. The van der Waals surface area contributed by atoms with Crippen molar-refractivity contribution in [3.05, 3.63) is 17.5 Å². The third-order valence-corrected chi connectivity index (χ3v) is 3.63. The van der Waals surface area contributed by atoms with Gasteiger partial charge in [-0.3, -0.25) is 9.48 Å². The Morgan fingerprint density at radius 3 is 3.22 bits per heavy atom. The predicted molar refractivity (Wildman–Crippen MR) is 69.9 cm³/mol. The van der Waals surface area contributed by atoms with Crippen molar-refractivity contribution >= 4 is 5.91 Å². The van der Waals surface area contributed by atoms with Gasteiger partial charge in [0.05, 0.1) is 18.3 Å². The van der Waals surface area contributed by atoms with Gasteiger partial charge in [-0.15, -0.1) is 0 Å². The number of nitrogens with zero attached hydrogens (tertiary/aromatic N) is 2. The van der Waals surface area contributed by atoms with E-state index in [1.165, 1.54) is 5.69 Å². The molecule has 0 radical (unpaired) electrons. The Morgan fingerprint density at radius 1 is 1.72 bits per heavy atom. The first-order valence-corrected chi connectivity index (χ1v) is 6.70. The normalized spacial score (nSPS) is 20.3. The summed E-state index contributed by atoms with van der Waals surface area (Å²) in [4.78, 5) is 12.0. The van der Waals surface area contributed by atoms with Crippen LogP contribution in [0.15, 0.2) is 6.20 Å². The standard InChI is InChI=1S/C13H22N4O/c1-3-5-10(14)13(18)16-11-6-4-7-12-9(11)8-15-17(12)2/h8,10-11H,3-7,14H2,1-2H3,(H,16,18). The number of carbonyl (C=O) groups is 1. The second kappa shape index (κ2) is 5.52. The van der Waals surface area contributed by atoms with Gasteiger partial charge < -0.3 is 11.1 Å². The van der Waals surface area contributed by atoms with Crippen molar-refractivity contribution in [3.63, 3.8) is 0 Å². The Morgan fingerprint density at radius 2 is 2.50 bits per heavy atom. The van der Waals surface area contributed by atoms with Crippen LogP contribution in [0.1, 0.15) is 49.9 Å². The van der Waals surface area contributed by atoms with Gasteiger partial charge in [0.2, 0.25) is 5.91 Å². The number of rotatable bonds is 4. The number of nitrogens with two attached hydrogens (primary N) is 1. The maximum atomic E-state index is 12.0. The second-order valence-corrected chi connectivity index (χ2v) is 5.02. The van der Waals surface area contributed by atoms with E-state index in [2.05, 4.69) is 10.4 Å². The highest BCUT2D eigenvalue weighted by Gasteiger charge is 2.26. The number of hydrogen-bond acceptors (Lipinski definition) is 3. The van der Waals surface area contributed by atoms with Gasteiger partial charge in [0.1, 0.15) is 0 Å². The van der Waals surface area contributed by atoms with Gasteiger partial charge in [0.15, 0.2) is 0 Å². The number of aryl methyl sites for hydroxylation is 1. The minimum absolute atomic E-state index is 0.0430. The molecule has 0 aromatic carbocycles. The summed E-state index contributed by atoms with van der Waals surface area (Å²) in [6.45, 7) is 2.03. The first-order valence-electron chi connectivity index (χ1n) is 6.70. The molecule has 1 aromatic heterocycles. The summed E-state index contributed by atoms with van der Waals surface area (Å²) >= 11 is 0. The minimum atomic E-state index is -0.392. The molecular weight excluding hydrogens is 228 g/mol. The van der Waals surface area contributed by atoms with E-state index in [0.717, 1.165) is 37.7 Å². The molecule has 2 atom stereocenters. The zero-order valence-electron chi connectivity index (χ0n) is 11.1. The molecule has 0 fully saturated rings. The fraction of sp³-hybridized carbons (Fsp3) is 0.692. The van der Waals surface area contributed by atoms with Gasteiger partial charge in [-0.1, -0.05) is 13.3 Å². The molecule has 1 aliphatic carbocycles. The highest BCUT2D eigenvalue weighted by molar-refractivity contribution is 5.81. The van der Waals surface area contributed by atoms with E-state index in [0.29, 0.717) is 0 Å².